The predicted molar refractivity (Wildman–Crippen MR) is 50.1 cm³/mol. The second-order valence-electron chi connectivity index (χ2n) is 2.99. The number of carboxylic acids is 1. The summed E-state index contributed by atoms with van der Waals surface area (Å²) in [5.41, 5.74) is 0.912. The van der Waals surface area contributed by atoms with Crippen molar-refractivity contribution < 1.29 is 20.1 Å². The van der Waals surface area contributed by atoms with Gasteiger partial charge in [0.25, 0.3) is 0 Å². The summed E-state index contributed by atoms with van der Waals surface area (Å²) in [6.07, 6.45) is -0.943. The normalized spacial score (nSPS) is 12.4. The lowest BCUT2D eigenvalue weighted by atomic mass is 10.0. The molecule has 3 N–H and O–H groups in total. The number of aliphatic hydroxyl groups is 1. The van der Waals surface area contributed by atoms with Crippen molar-refractivity contribution in [2.24, 2.45) is 0 Å². The summed E-state index contributed by atoms with van der Waals surface area (Å²) in [6, 6.07) is 4.57. The van der Waals surface area contributed by atoms with E-state index in [2.05, 4.69) is 0 Å². The third-order valence-electron chi connectivity index (χ3n) is 2.03. The van der Waals surface area contributed by atoms with Crippen molar-refractivity contribution in [1.82, 2.24) is 0 Å². The number of phenolic OH excluding ortho intramolecular Hbond substituents is 1. The van der Waals surface area contributed by atoms with Gasteiger partial charge in [-0.3, -0.25) is 0 Å². The number of phenols is 1. The number of rotatable bonds is 3. The van der Waals surface area contributed by atoms with Crippen LogP contribution in [0.1, 0.15) is 24.2 Å². The molecule has 0 fully saturated rings. The van der Waals surface area contributed by atoms with E-state index in [9.17, 15) is 15.0 Å². The quantitative estimate of drug-likeness (QED) is 0.675. The maximum Gasteiger partial charge on any atom is 0.337 e. The fourth-order valence-electron chi connectivity index (χ4n) is 1.18. The Morgan fingerprint density at radius 2 is 2.14 bits per heavy atom. The van der Waals surface area contributed by atoms with Gasteiger partial charge in [0.05, 0.1) is 0 Å². The summed E-state index contributed by atoms with van der Waals surface area (Å²) >= 11 is 0. The zero-order valence-corrected chi connectivity index (χ0v) is 7.77. The van der Waals surface area contributed by atoms with E-state index in [0.29, 0.717) is 0 Å². The highest BCUT2D eigenvalue weighted by molar-refractivity contribution is 5.75. The Hall–Kier alpha value is -1.55. The minimum Gasteiger partial charge on any atom is -0.508 e. The molecule has 0 aliphatic rings. The van der Waals surface area contributed by atoms with Gasteiger partial charge in [0.1, 0.15) is 5.75 Å². The fraction of sp³-hybridized carbons (Fsp3) is 0.300. The summed E-state index contributed by atoms with van der Waals surface area (Å²) < 4.78 is 0. The molecule has 0 spiro atoms. The van der Waals surface area contributed by atoms with Crippen LogP contribution >= 0.6 is 0 Å². The van der Waals surface area contributed by atoms with Crippen LogP contribution < -0.4 is 0 Å². The molecule has 1 aromatic rings. The van der Waals surface area contributed by atoms with Gasteiger partial charge in [0.15, 0.2) is 6.10 Å². The molecule has 4 nitrogen and oxygen atoms in total. The molecule has 1 aromatic carbocycles. The van der Waals surface area contributed by atoms with Crippen LogP contribution in [0.15, 0.2) is 18.2 Å². The second-order valence-corrected chi connectivity index (χ2v) is 2.99. The van der Waals surface area contributed by atoms with Crippen molar-refractivity contribution in [1.29, 1.82) is 0 Å². The maximum atomic E-state index is 10.5. The molecule has 1 unspecified atom stereocenters. The number of aliphatic carboxylic acids is 1. The number of hydrogen-bond acceptors (Lipinski definition) is 3. The summed E-state index contributed by atoms with van der Waals surface area (Å²) in [7, 11) is 0. The lowest BCUT2D eigenvalue weighted by Crippen LogP contribution is -2.10. The van der Waals surface area contributed by atoms with Crippen molar-refractivity contribution in [3.05, 3.63) is 29.3 Å². The molecule has 0 saturated carbocycles. The first-order chi connectivity index (χ1) is 6.56. The highest BCUT2D eigenvalue weighted by Crippen LogP contribution is 2.25. The van der Waals surface area contributed by atoms with Gasteiger partial charge < -0.3 is 15.3 Å². The number of aryl methyl sites for hydroxylation is 1. The lowest BCUT2D eigenvalue weighted by Gasteiger charge is -2.09. The molecule has 0 amide bonds. The van der Waals surface area contributed by atoms with Crippen LogP contribution in [0, 0.1) is 0 Å². The van der Waals surface area contributed by atoms with E-state index in [1.165, 1.54) is 12.1 Å². The highest BCUT2D eigenvalue weighted by Gasteiger charge is 2.19. The molecule has 76 valence electrons. The molecule has 0 radical (unpaired) electrons. The molecular weight excluding hydrogens is 184 g/mol. The Morgan fingerprint density at radius 1 is 1.50 bits per heavy atom. The first-order valence-electron chi connectivity index (χ1n) is 4.29. The van der Waals surface area contributed by atoms with E-state index in [-0.39, 0.29) is 11.3 Å². The van der Waals surface area contributed by atoms with E-state index in [1.807, 2.05) is 6.92 Å². The molecular formula is C10H12O4. The van der Waals surface area contributed by atoms with Crippen molar-refractivity contribution in [3.63, 3.8) is 0 Å². The number of aromatic hydroxyl groups is 1. The minimum absolute atomic E-state index is 0.0388. The molecule has 0 aromatic heterocycles. The fourth-order valence-corrected chi connectivity index (χ4v) is 1.18. The van der Waals surface area contributed by atoms with Crippen molar-refractivity contribution in [2.45, 2.75) is 19.4 Å². The number of hydrogen-bond donors (Lipinski definition) is 3. The van der Waals surface area contributed by atoms with Crippen LogP contribution in [0.5, 0.6) is 5.75 Å². The van der Waals surface area contributed by atoms with E-state index in [0.717, 1.165) is 12.0 Å². The van der Waals surface area contributed by atoms with Gasteiger partial charge in [0, 0.05) is 5.56 Å². The van der Waals surface area contributed by atoms with Crippen LogP contribution in [-0.4, -0.2) is 21.3 Å². The zero-order valence-electron chi connectivity index (χ0n) is 7.77. The van der Waals surface area contributed by atoms with Crippen molar-refractivity contribution in [3.8, 4) is 5.75 Å². The summed E-state index contributed by atoms with van der Waals surface area (Å²) in [6.45, 7) is 1.91. The van der Waals surface area contributed by atoms with Gasteiger partial charge in [-0.25, -0.2) is 4.79 Å². The topological polar surface area (TPSA) is 77.8 Å². The summed E-state index contributed by atoms with van der Waals surface area (Å²) in [5, 5.41) is 27.1. The SMILES string of the molecule is CCc1ccc(O)c(C(O)C(=O)O)c1. The Bertz CT molecular complexity index is 346. The van der Waals surface area contributed by atoms with Gasteiger partial charge in [0.2, 0.25) is 0 Å². The molecule has 1 rings (SSSR count). The summed E-state index contributed by atoms with van der Waals surface area (Å²) in [4.78, 5) is 10.5. The predicted octanol–water partition coefficient (Wildman–Crippen LogP) is 1.07. The maximum absolute atomic E-state index is 10.5. The van der Waals surface area contributed by atoms with E-state index < -0.39 is 12.1 Å². The third kappa shape index (κ3) is 2.03. The molecule has 0 heterocycles. The smallest absolute Gasteiger partial charge is 0.337 e. The number of carbonyl (C=O) groups is 1. The minimum atomic E-state index is -1.67. The van der Waals surface area contributed by atoms with Gasteiger partial charge in [-0.05, 0) is 24.1 Å². The zero-order chi connectivity index (χ0) is 10.7. The number of aliphatic hydroxyl groups excluding tert-OH is 1. The third-order valence-corrected chi connectivity index (χ3v) is 2.03. The Morgan fingerprint density at radius 3 is 2.64 bits per heavy atom. The molecule has 4 heteroatoms. The summed E-state index contributed by atoms with van der Waals surface area (Å²) in [5.74, 6) is -1.56. The van der Waals surface area contributed by atoms with Crippen molar-refractivity contribution >= 4 is 5.97 Å². The standard InChI is InChI=1S/C10H12O4/c1-2-6-3-4-8(11)7(5-6)9(12)10(13)14/h3-5,9,11-12H,2H2,1H3,(H,13,14). The van der Waals surface area contributed by atoms with Crippen LogP contribution in [-0.2, 0) is 11.2 Å². The molecule has 1 atom stereocenters. The van der Waals surface area contributed by atoms with Crippen LogP contribution in [0.2, 0.25) is 0 Å². The van der Waals surface area contributed by atoms with Gasteiger partial charge >= 0.3 is 5.97 Å². The molecule has 14 heavy (non-hydrogen) atoms. The average Bonchev–Trinajstić information content (AvgIpc) is 2.17. The van der Waals surface area contributed by atoms with Crippen LogP contribution in [0.25, 0.3) is 0 Å². The van der Waals surface area contributed by atoms with Gasteiger partial charge in [-0.15, -0.1) is 0 Å². The van der Waals surface area contributed by atoms with Crippen molar-refractivity contribution in [2.75, 3.05) is 0 Å². The molecule has 0 saturated heterocycles. The monoisotopic (exact) mass is 196 g/mol. The molecule has 0 bridgehead atoms. The Labute approximate surface area is 81.4 Å². The highest BCUT2D eigenvalue weighted by atomic mass is 16.4. The van der Waals surface area contributed by atoms with Crippen LogP contribution in [0.4, 0.5) is 0 Å². The Balaban J connectivity index is 3.11. The second kappa shape index (κ2) is 4.11. The first-order valence-corrected chi connectivity index (χ1v) is 4.29. The number of carboxylic acid groups (broad SMARTS) is 1. The average molecular weight is 196 g/mol. The molecule has 0 aliphatic carbocycles. The van der Waals surface area contributed by atoms with Gasteiger partial charge in [-0.1, -0.05) is 13.0 Å². The van der Waals surface area contributed by atoms with Gasteiger partial charge in [-0.2, -0.15) is 0 Å². The van der Waals surface area contributed by atoms with E-state index >= 15 is 0 Å². The van der Waals surface area contributed by atoms with E-state index in [1.54, 1.807) is 6.07 Å². The molecule has 0 aliphatic heterocycles. The van der Waals surface area contributed by atoms with E-state index in [4.69, 9.17) is 5.11 Å². The lowest BCUT2D eigenvalue weighted by molar-refractivity contribution is -0.147. The Kier molecular flexibility index (Phi) is 3.09. The van der Waals surface area contributed by atoms with Crippen LogP contribution in [0.3, 0.4) is 0 Å². The largest absolute Gasteiger partial charge is 0.508 e. The number of benzene rings is 1. The first kappa shape index (κ1) is 10.5.